The Bertz CT molecular complexity index is 2450. The van der Waals surface area contributed by atoms with E-state index in [1.54, 1.807) is 24.1 Å². The highest BCUT2D eigenvalue weighted by molar-refractivity contribution is 6.05. The van der Waals surface area contributed by atoms with E-state index >= 15 is 4.39 Å². The number of fused-ring (bicyclic) bond motifs is 5. The second-order valence-corrected chi connectivity index (χ2v) is 19.5. The molecular weight excluding hydrogens is 784 g/mol. The highest BCUT2D eigenvalue weighted by Gasteiger charge is 2.50. The van der Waals surface area contributed by atoms with Crippen molar-refractivity contribution in [3.8, 4) is 17.2 Å². The van der Waals surface area contributed by atoms with Gasteiger partial charge in [-0.25, -0.2) is 4.39 Å². The second kappa shape index (κ2) is 15.1. The van der Waals surface area contributed by atoms with Crippen LogP contribution in [0.25, 0.3) is 0 Å². The van der Waals surface area contributed by atoms with Crippen molar-refractivity contribution in [3.63, 3.8) is 0 Å². The van der Waals surface area contributed by atoms with E-state index in [1.165, 1.54) is 24.0 Å². The molecule has 2 aliphatic carbocycles. The Labute approximate surface area is 362 Å². The molecule has 4 aromatic rings. The maximum absolute atomic E-state index is 16.5. The molecule has 3 atom stereocenters. The van der Waals surface area contributed by atoms with Crippen molar-refractivity contribution in [1.82, 2.24) is 15.1 Å². The van der Waals surface area contributed by atoms with Gasteiger partial charge in [-0.1, -0.05) is 42.5 Å². The SMILES string of the molecule is COc1cc(N2CCC3(CC2)CC(CN2CCC4(CC2)COc2c4ccc4c2CN([C@H]2CCC(=O)NC2=O)C4=O)C3)c(F)cc1[C@@H]1c2ccc(O)cc2CC[C@@H]1c1ccccc1. The van der Waals surface area contributed by atoms with E-state index in [0.717, 1.165) is 99.3 Å². The summed E-state index contributed by atoms with van der Waals surface area (Å²) in [6, 6.07) is 23.2. The second-order valence-electron chi connectivity index (χ2n) is 19.5. The van der Waals surface area contributed by atoms with Crippen LogP contribution in [-0.2, 0) is 28.0 Å². The molecule has 0 bridgehead atoms. The third-order valence-electron chi connectivity index (χ3n) is 16.1. The van der Waals surface area contributed by atoms with Crippen LogP contribution in [0, 0.1) is 17.2 Å². The van der Waals surface area contributed by atoms with Gasteiger partial charge in [0.1, 0.15) is 29.1 Å². The number of methoxy groups -OCH3 is 1. The maximum Gasteiger partial charge on any atom is 0.255 e. The van der Waals surface area contributed by atoms with Crippen LogP contribution in [0.2, 0.25) is 0 Å². The maximum atomic E-state index is 16.5. The first kappa shape index (κ1) is 39.4. The van der Waals surface area contributed by atoms with Gasteiger partial charge in [-0.15, -0.1) is 0 Å². The monoisotopic (exact) mass is 838 g/mol. The number of imide groups is 1. The predicted molar refractivity (Wildman–Crippen MR) is 232 cm³/mol. The first-order chi connectivity index (χ1) is 30.1. The molecule has 2 N–H and O–H groups in total. The average Bonchev–Trinajstić information content (AvgIpc) is 3.80. The van der Waals surface area contributed by atoms with Gasteiger partial charge in [-0.2, -0.15) is 0 Å². The Balaban J connectivity index is 0.713. The number of likely N-dealkylation sites (tertiary alicyclic amines) is 1. The van der Waals surface area contributed by atoms with Crippen LogP contribution < -0.4 is 19.7 Å². The number of halogens is 1. The van der Waals surface area contributed by atoms with Crippen LogP contribution in [-0.4, -0.2) is 85.1 Å². The standard InChI is InChI=1S/C51H55FN4O6/c1-61-44-25-43(41(52)24-38(44)46-35(32-5-3-2-4-6-32)9-7-33-23-34(57)8-10-36(33)46)55-21-15-50(16-22-55)26-31(27-50)28-54-19-17-51(18-20-54)30-62-47-39-29-56(42-13-14-45(58)53-48(42)59)49(60)37(39)11-12-40(47)51/h2-6,8,10-12,23-25,31,35,42,46,57H,7,9,13-22,26-30H2,1H3,(H,53,58,59)/t35-,42+,46+/m1/s1. The lowest BCUT2D eigenvalue weighted by atomic mass is 9.57. The van der Waals surface area contributed by atoms with Crippen molar-refractivity contribution in [2.24, 2.45) is 11.3 Å². The predicted octanol–water partition coefficient (Wildman–Crippen LogP) is 7.59. The number of benzene rings is 4. The molecule has 0 aromatic heterocycles. The lowest BCUT2D eigenvalue weighted by Gasteiger charge is -2.54. The van der Waals surface area contributed by atoms with Gasteiger partial charge in [0.25, 0.3) is 5.91 Å². The highest BCUT2D eigenvalue weighted by atomic mass is 19.1. The lowest BCUT2D eigenvalue weighted by Crippen LogP contribution is -2.52. The lowest BCUT2D eigenvalue weighted by molar-refractivity contribution is -0.136. The Hall–Kier alpha value is -5.42. The number of phenolic OH excluding ortho intramolecular Hbond substituents is 1. The molecule has 322 valence electrons. The zero-order valence-corrected chi connectivity index (χ0v) is 35.5. The number of carbonyl (C=O) groups excluding carboxylic acids is 3. The minimum atomic E-state index is -0.636. The van der Waals surface area contributed by atoms with Crippen molar-refractivity contribution in [1.29, 1.82) is 0 Å². The molecule has 11 heteroatoms. The number of aryl methyl sites for hydroxylation is 1. The topological polar surface area (TPSA) is 112 Å². The molecule has 2 spiro atoms. The summed E-state index contributed by atoms with van der Waals surface area (Å²) in [5.74, 6) is 1.48. The fourth-order valence-corrected chi connectivity index (χ4v) is 12.8. The summed E-state index contributed by atoms with van der Waals surface area (Å²) in [6.45, 7) is 5.74. The van der Waals surface area contributed by atoms with Crippen LogP contribution in [0.5, 0.6) is 17.2 Å². The van der Waals surface area contributed by atoms with Crippen LogP contribution in [0.1, 0.15) is 113 Å². The van der Waals surface area contributed by atoms with E-state index in [0.29, 0.717) is 47.9 Å². The van der Waals surface area contributed by atoms with E-state index < -0.39 is 11.9 Å². The molecule has 5 aliphatic heterocycles. The Kier molecular flexibility index (Phi) is 9.63. The number of piperidine rings is 3. The van der Waals surface area contributed by atoms with Crippen LogP contribution in [0.3, 0.4) is 0 Å². The zero-order valence-electron chi connectivity index (χ0n) is 35.5. The summed E-state index contributed by atoms with van der Waals surface area (Å²) in [5, 5.41) is 12.7. The summed E-state index contributed by atoms with van der Waals surface area (Å²) in [4.78, 5) is 44.3. The third-order valence-corrected chi connectivity index (χ3v) is 16.1. The molecule has 4 fully saturated rings. The Morgan fingerprint density at radius 2 is 1.68 bits per heavy atom. The minimum absolute atomic E-state index is 0.0652. The summed E-state index contributed by atoms with van der Waals surface area (Å²) < 4.78 is 29.0. The van der Waals surface area contributed by atoms with Gasteiger partial charge >= 0.3 is 0 Å². The van der Waals surface area contributed by atoms with Gasteiger partial charge < -0.3 is 29.3 Å². The number of amides is 3. The van der Waals surface area contributed by atoms with Gasteiger partial charge in [-0.3, -0.25) is 19.7 Å². The number of hydrogen-bond acceptors (Lipinski definition) is 8. The minimum Gasteiger partial charge on any atom is -0.508 e. The third kappa shape index (κ3) is 6.56. The molecule has 5 heterocycles. The van der Waals surface area contributed by atoms with E-state index in [2.05, 4.69) is 45.4 Å². The number of anilines is 1. The molecular formula is C51H55FN4O6. The zero-order chi connectivity index (χ0) is 42.3. The number of nitrogens with zero attached hydrogens (tertiary/aromatic N) is 3. The summed E-state index contributed by atoms with van der Waals surface area (Å²) >= 11 is 0. The number of carbonyl (C=O) groups is 3. The number of aromatic hydroxyl groups is 1. The Morgan fingerprint density at radius 3 is 2.44 bits per heavy atom. The summed E-state index contributed by atoms with van der Waals surface area (Å²) in [6.07, 6.45) is 8.92. The van der Waals surface area contributed by atoms with E-state index in [4.69, 9.17) is 9.47 Å². The molecule has 1 saturated carbocycles. The number of phenols is 1. The number of hydrogen-bond donors (Lipinski definition) is 2. The van der Waals surface area contributed by atoms with Crippen LogP contribution in [0.15, 0.2) is 72.8 Å². The molecule has 4 aromatic carbocycles. The van der Waals surface area contributed by atoms with Crippen LogP contribution in [0.4, 0.5) is 10.1 Å². The molecule has 62 heavy (non-hydrogen) atoms. The van der Waals surface area contributed by atoms with Crippen LogP contribution >= 0.6 is 0 Å². The van der Waals surface area contributed by atoms with Crippen molar-refractivity contribution in [3.05, 3.63) is 118 Å². The number of rotatable bonds is 7. The fourth-order valence-electron chi connectivity index (χ4n) is 12.8. The number of ether oxygens (including phenoxy) is 2. The van der Waals surface area contributed by atoms with E-state index in [-0.39, 0.29) is 47.1 Å². The number of nitrogens with one attached hydrogen (secondary N) is 1. The average molecular weight is 839 g/mol. The van der Waals surface area contributed by atoms with E-state index in [9.17, 15) is 19.5 Å². The molecule has 7 aliphatic rings. The highest BCUT2D eigenvalue weighted by Crippen LogP contribution is 2.55. The molecule has 0 unspecified atom stereocenters. The largest absolute Gasteiger partial charge is 0.508 e. The van der Waals surface area contributed by atoms with Gasteiger partial charge in [0.05, 0.1) is 25.9 Å². The molecule has 0 radical (unpaired) electrons. The van der Waals surface area contributed by atoms with Gasteiger partial charge in [0.15, 0.2) is 0 Å². The van der Waals surface area contributed by atoms with Gasteiger partial charge in [-0.05, 0) is 129 Å². The molecule has 3 amide bonds. The first-order valence-corrected chi connectivity index (χ1v) is 22.8. The van der Waals surface area contributed by atoms with Gasteiger partial charge in [0, 0.05) is 65.7 Å². The van der Waals surface area contributed by atoms with Crippen molar-refractivity contribution in [2.45, 2.75) is 94.0 Å². The van der Waals surface area contributed by atoms with Crippen molar-refractivity contribution in [2.75, 3.05) is 51.3 Å². The summed E-state index contributed by atoms with van der Waals surface area (Å²) in [7, 11) is 1.69. The molecule has 11 rings (SSSR count). The quantitative estimate of drug-likeness (QED) is 0.184. The summed E-state index contributed by atoms with van der Waals surface area (Å²) in [5.41, 5.74) is 7.89. The fraction of sp³-hybridized carbons (Fsp3) is 0.471. The normalized spacial score (nSPS) is 25.3. The van der Waals surface area contributed by atoms with Crippen molar-refractivity contribution >= 4 is 23.4 Å². The molecule has 3 saturated heterocycles. The smallest absolute Gasteiger partial charge is 0.255 e. The van der Waals surface area contributed by atoms with E-state index in [1.807, 2.05) is 30.3 Å². The first-order valence-electron chi connectivity index (χ1n) is 22.8. The van der Waals surface area contributed by atoms with Crippen molar-refractivity contribution < 1.29 is 33.4 Å². The Morgan fingerprint density at radius 1 is 0.887 bits per heavy atom. The molecule has 10 nitrogen and oxygen atoms in total. The van der Waals surface area contributed by atoms with Gasteiger partial charge in [0.2, 0.25) is 11.8 Å².